The summed E-state index contributed by atoms with van der Waals surface area (Å²) in [6.45, 7) is 1.48. The van der Waals surface area contributed by atoms with Crippen molar-refractivity contribution in [2.75, 3.05) is 26.2 Å². The van der Waals surface area contributed by atoms with Crippen LogP contribution >= 0.6 is 0 Å². The van der Waals surface area contributed by atoms with Crippen LogP contribution in [0.1, 0.15) is 22.0 Å². The molecule has 5 nitrogen and oxygen atoms in total. The SMILES string of the molecule is O=C(NCC(=O)N1CCO[C@H](c2ccccc2)C1)c1ccc(-c2ccccc2)cc1. The molecule has 1 N–H and O–H groups in total. The van der Waals surface area contributed by atoms with Crippen LogP contribution in [-0.2, 0) is 9.53 Å². The largest absolute Gasteiger partial charge is 0.370 e. The average molecular weight is 400 g/mol. The van der Waals surface area contributed by atoms with Gasteiger partial charge in [-0.2, -0.15) is 0 Å². The van der Waals surface area contributed by atoms with Crippen molar-refractivity contribution in [1.82, 2.24) is 10.2 Å². The molecule has 0 aromatic heterocycles. The molecule has 0 unspecified atom stereocenters. The first-order chi connectivity index (χ1) is 14.7. The van der Waals surface area contributed by atoms with Crippen molar-refractivity contribution < 1.29 is 14.3 Å². The van der Waals surface area contributed by atoms with E-state index in [1.807, 2.05) is 72.8 Å². The van der Waals surface area contributed by atoms with Crippen LogP contribution in [0.25, 0.3) is 11.1 Å². The Morgan fingerprint density at radius 1 is 0.867 bits per heavy atom. The topological polar surface area (TPSA) is 58.6 Å². The molecular formula is C25H24N2O3. The zero-order valence-electron chi connectivity index (χ0n) is 16.7. The first-order valence-electron chi connectivity index (χ1n) is 10.1. The first kappa shape index (κ1) is 19.9. The quantitative estimate of drug-likeness (QED) is 0.711. The predicted molar refractivity (Wildman–Crippen MR) is 116 cm³/mol. The Balaban J connectivity index is 1.31. The van der Waals surface area contributed by atoms with Crippen LogP contribution in [0.2, 0.25) is 0 Å². The van der Waals surface area contributed by atoms with Crippen LogP contribution in [0.3, 0.4) is 0 Å². The maximum Gasteiger partial charge on any atom is 0.251 e. The maximum absolute atomic E-state index is 12.6. The third-order valence-corrected chi connectivity index (χ3v) is 5.24. The Labute approximate surface area is 176 Å². The molecule has 1 aliphatic heterocycles. The summed E-state index contributed by atoms with van der Waals surface area (Å²) < 4.78 is 5.81. The van der Waals surface area contributed by atoms with Crippen molar-refractivity contribution >= 4 is 11.8 Å². The third kappa shape index (κ3) is 4.75. The normalized spacial score (nSPS) is 16.1. The number of nitrogens with zero attached hydrogens (tertiary/aromatic N) is 1. The molecule has 4 rings (SSSR count). The van der Waals surface area contributed by atoms with E-state index < -0.39 is 0 Å². The summed E-state index contributed by atoms with van der Waals surface area (Å²) in [6.07, 6.45) is -0.134. The Bertz CT molecular complexity index is 988. The Kier molecular flexibility index (Phi) is 6.20. The molecule has 0 saturated carbocycles. The molecule has 1 saturated heterocycles. The van der Waals surface area contributed by atoms with E-state index >= 15 is 0 Å². The molecular weight excluding hydrogens is 376 g/mol. The van der Waals surface area contributed by atoms with Gasteiger partial charge in [-0.3, -0.25) is 9.59 Å². The molecule has 0 radical (unpaired) electrons. The smallest absolute Gasteiger partial charge is 0.251 e. The molecule has 3 aromatic rings. The van der Waals surface area contributed by atoms with Gasteiger partial charge in [0.2, 0.25) is 5.91 Å². The minimum absolute atomic E-state index is 0.0270. The molecule has 1 heterocycles. The van der Waals surface area contributed by atoms with Crippen LogP contribution < -0.4 is 5.32 Å². The standard InChI is InChI=1S/C25H24N2O3/c28-24(27-15-16-30-23(18-27)21-9-5-2-6-10-21)17-26-25(29)22-13-11-20(12-14-22)19-7-3-1-4-8-19/h1-14,23H,15-18H2,(H,26,29)/t23-/m0/s1. The van der Waals surface area contributed by atoms with E-state index in [9.17, 15) is 9.59 Å². The van der Waals surface area contributed by atoms with Crippen molar-refractivity contribution in [3.63, 3.8) is 0 Å². The molecule has 1 fully saturated rings. The molecule has 3 aromatic carbocycles. The predicted octanol–water partition coefficient (Wildman–Crippen LogP) is 3.68. The lowest BCUT2D eigenvalue weighted by Gasteiger charge is -2.33. The molecule has 2 amide bonds. The van der Waals surface area contributed by atoms with E-state index in [0.717, 1.165) is 16.7 Å². The summed E-state index contributed by atoms with van der Waals surface area (Å²) in [6, 6.07) is 27.3. The van der Waals surface area contributed by atoms with Gasteiger partial charge in [-0.1, -0.05) is 72.8 Å². The Morgan fingerprint density at radius 2 is 1.50 bits per heavy atom. The van der Waals surface area contributed by atoms with Gasteiger partial charge >= 0.3 is 0 Å². The lowest BCUT2D eigenvalue weighted by molar-refractivity contribution is -0.137. The molecule has 1 aliphatic rings. The number of carbonyl (C=O) groups excluding carboxylic acids is 2. The molecule has 0 aliphatic carbocycles. The van der Waals surface area contributed by atoms with Gasteiger partial charge in [-0.05, 0) is 28.8 Å². The van der Waals surface area contributed by atoms with Gasteiger partial charge in [-0.15, -0.1) is 0 Å². The Morgan fingerprint density at radius 3 is 2.20 bits per heavy atom. The van der Waals surface area contributed by atoms with E-state index in [1.54, 1.807) is 17.0 Å². The highest BCUT2D eigenvalue weighted by molar-refractivity contribution is 5.96. The fraction of sp³-hybridized carbons (Fsp3) is 0.200. The molecule has 30 heavy (non-hydrogen) atoms. The summed E-state index contributed by atoms with van der Waals surface area (Å²) in [5.74, 6) is -0.357. The molecule has 1 atom stereocenters. The zero-order chi connectivity index (χ0) is 20.8. The van der Waals surface area contributed by atoms with Gasteiger partial charge in [0.15, 0.2) is 0 Å². The minimum atomic E-state index is -0.254. The molecule has 0 bridgehead atoms. The van der Waals surface area contributed by atoms with E-state index in [2.05, 4.69) is 5.32 Å². The summed E-state index contributed by atoms with van der Waals surface area (Å²) in [5, 5.41) is 2.74. The van der Waals surface area contributed by atoms with Crippen LogP contribution in [-0.4, -0.2) is 43.0 Å². The molecule has 0 spiro atoms. The van der Waals surface area contributed by atoms with E-state index in [1.165, 1.54) is 0 Å². The number of rotatable bonds is 5. The molecule has 5 heteroatoms. The Hall–Kier alpha value is -3.44. The second-order valence-corrected chi connectivity index (χ2v) is 7.24. The monoisotopic (exact) mass is 400 g/mol. The van der Waals surface area contributed by atoms with Gasteiger partial charge in [0, 0.05) is 12.1 Å². The van der Waals surface area contributed by atoms with E-state index in [4.69, 9.17) is 4.74 Å². The fourth-order valence-electron chi connectivity index (χ4n) is 3.56. The van der Waals surface area contributed by atoms with Crippen molar-refractivity contribution in [3.05, 3.63) is 96.1 Å². The van der Waals surface area contributed by atoms with Gasteiger partial charge in [-0.25, -0.2) is 0 Å². The number of benzene rings is 3. The second kappa shape index (κ2) is 9.37. The van der Waals surface area contributed by atoms with Gasteiger partial charge in [0.1, 0.15) is 6.10 Å². The highest BCUT2D eigenvalue weighted by Gasteiger charge is 2.25. The number of carbonyl (C=O) groups is 2. The van der Waals surface area contributed by atoms with E-state index in [-0.39, 0.29) is 24.5 Å². The van der Waals surface area contributed by atoms with Crippen molar-refractivity contribution in [2.24, 2.45) is 0 Å². The van der Waals surface area contributed by atoms with Crippen LogP contribution in [0.4, 0.5) is 0 Å². The minimum Gasteiger partial charge on any atom is -0.370 e. The summed E-state index contributed by atoms with van der Waals surface area (Å²) in [4.78, 5) is 26.8. The van der Waals surface area contributed by atoms with Gasteiger partial charge in [0.05, 0.1) is 19.7 Å². The van der Waals surface area contributed by atoms with Crippen LogP contribution in [0.15, 0.2) is 84.9 Å². The number of amides is 2. The van der Waals surface area contributed by atoms with E-state index in [0.29, 0.717) is 25.3 Å². The lowest BCUT2D eigenvalue weighted by Crippen LogP contribution is -2.46. The van der Waals surface area contributed by atoms with Crippen molar-refractivity contribution in [1.29, 1.82) is 0 Å². The summed E-state index contributed by atoms with van der Waals surface area (Å²) >= 11 is 0. The third-order valence-electron chi connectivity index (χ3n) is 5.24. The van der Waals surface area contributed by atoms with Gasteiger partial charge < -0.3 is 15.0 Å². The van der Waals surface area contributed by atoms with Crippen molar-refractivity contribution in [2.45, 2.75) is 6.10 Å². The number of hydrogen-bond acceptors (Lipinski definition) is 3. The highest BCUT2D eigenvalue weighted by Crippen LogP contribution is 2.22. The summed E-state index contributed by atoms with van der Waals surface area (Å²) in [7, 11) is 0. The number of morpholine rings is 1. The molecule has 152 valence electrons. The van der Waals surface area contributed by atoms with Crippen LogP contribution in [0.5, 0.6) is 0 Å². The van der Waals surface area contributed by atoms with Crippen molar-refractivity contribution in [3.8, 4) is 11.1 Å². The zero-order valence-corrected chi connectivity index (χ0v) is 16.7. The highest BCUT2D eigenvalue weighted by atomic mass is 16.5. The van der Waals surface area contributed by atoms with Gasteiger partial charge in [0.25, 0.3) is 5.91 Å². The average Bonchev–Trinajstić information content (AvgIpc) is 2.83. The second-order valence-electron chi connectivity index (χ2n) is 7.24. The van der Waals surface area contributed by atoms with Crippen LogP contribution in [0, 0.1) is 0 Å². The number of hydrogen-bond donors (Lipinski definition) is 1. The fourth-order valence-corrected chi connectivity index (χ4v) is 3.56. The summed E-state index contributed by atoms with van der Waals surface area (Å²) in [5.41, 5.74) is 3.73. The number of ether oxygens (including phenoxy) is 1. The maximum atomic E-state index is 12.6. The first-order valence-corrected chi connectivity index (χ1v) is 10.1. The number of nitrogens with one attached hydrogen (secondary N) is 1. The lowest BCUT2D eigenvalue weighted by atomic mass is 10.0.